The molecule has 0 fully saturated rings. The maximum Gasteiger partial charge on any atom is 0.214 e. The van der Waals surface area contributed by atoms with Crippen LogP contribution in [0.5, 0.6) is 0 Å². The van der Waals surface area contributed by atoms with Crippen LogP contribution < -0.4 is 0 Å². The van der Waals surface area contributed by atoms with Crippen molar-refractivity contribution in [2.45, 2.75) is 13.8 Å². The molecule has 0 aliphatic heterocycles. The van der Waals surface area contributed by atoms with Crippen LogP contribution in [0.2, 0.25) is 0 Å². The fraction of sp³-hybridized carbons (Fsp3) is 0.0645. The number of thiophene rings is 2. The maximum absolute atomic E-state index is 13.1. The highest BCUT2D eigenvalue weighted by molar-refractivity contribution is 7.19. The van der Waals surface area contributed by atoms with Gasteiger partial charge in [0.1, 0.15) is 0 Å². The highest BCUT2D eigenvalue weighted by atomic mass is 32.1. The van der Waals surface area contributed by atoms with Gasteiger partial charge in [0.05, 0.1) is 18.2 Å². The number of ketones is 1. The Hall–Kier alpha value is -4.29. The molecule has 36 heavy (non-hydrogen) atoms. The molecule has 0 saturated heterocycles. The van der Waals surface area contributed by atoms with Gasteiger partial charge < -0.3 is 0 Å². The van der Waals surface area contributed by atoms with E-state index >= 15 is 0 Å². The van der Waals surface area contributed by atoms with Crippen LogP contribution in [-0.2, 0) is 0 Å². The molecule has 0 atom stereocenters. The van der Waals surface area contributed by atoms with Gasteiger partial charge in [-0.15, -0.1) is 22.7 Å². The van der Waals surface area contributed by atoms with Gasteiger partial charge in [-0.05, 0) is 41.8 Å². The molecule has 5 aromatic rings. The molecule has 0 radical (unpaired) electrons. The van der Waals surface area contributed by atoms with Gasteiger partial charge in [-0.25, -0.2) is 4.85 Å². The lowest BCUT2D eigenvalue weighted by Crippen LogP contribution is -2.00. The molecule has 0 N–H and O–H groups in total. The number of nitrogens with zero attached hydrogens (tertiary/aromatic N) is 2. The lowest BCUT2D eigenvalue weighted by Gasteiger charge is -2.07. The number of hydrogen-bond acceptors (Lipinski definition) is 4. The molecule has 0 bridgehead atoms. The quantitative estimate of drug-likeness (QED) is 0.137. The first-order valence-corrected chi connectivity index (χ1v) is 12.9. The van der Waals surface area contributed by atoms with E-state index < -0.39 is 0 Å². The Kier molecular flexibility index (Phi) is 6.12. The molecule has 3 nitrogen and oxygen atoms in total. The van der Waals surface area contributed by atoms with E-state index in [9.17, 15) is 10.1 Å². The Bertz CT molecular complexity index is 1800. The molecular weight excluding hydrogens is 480 g/mol. The fourth-order valence-corrected chi connectivity index (χ4v) is 6.71. The summed E-state index contributed by atoms with van der Waals surface area (Å²) in [6.07, 6.45) is 1.74. The van der Waals surface area contributed by atoms with Crippen LogP contribution in [0.3, 0.4) is 0 Å². The lowest BCUT2D eigenvalue weighted by molar-refractivity contribution is 0.103. The Balaban J connectivity index is 1.66. The predicted molar refractivity (Wildman–Crippen MR) is 152 cm³/mol. The number of allylic oxidation sites excluding steroid dienone is 1. The van der Waals surface area contributed by atoms with E-state index in [0.717, 1.165) is 46.6 Å². The number of carbonyl (C=O) groups excluding carboxylic acids is 1. The minimum absolute atomic E-state index is 0.0571. The zero-order valence-corrected chi connectivity index (χ0v) is 21.4. The van der Waals surface area contributed by atoms with E-state index in [2.05, 4.69) is 17.5 Å². The van der Waals surface area contributed by atoms with E-state index in [-0.39, 0.29) is 5.78 Å². The summed E-state index contributed by atoms with van der Waals surface area (Å²) in [5, 5.41) is 12.1. The third-order valence-corrected chi connectivity index (χ3v) is 8.41. The summed E-state index contributed by atoms with van der Waals surface area (Å²) in [5.41, 5.74) is 4.51. The van der Waals surface area contributed by atoms with Crippen molar-refractivity contribution in [1.29, 1.82) is 5.26 Å². The van der Waals surface area contributed by atoms with Gasteiger partial charge in [0.2, 0.25) is 5.70 Å². The van der Waals surface area contributed by atoms with Gasteiger partial charge in [0, 0.05) is 41.9 Å². The monoisotopic (exact) mass is 500 g/mol. The van der Waals surface area contributed by atoms with Crippen molar-refractivity contribution in [2.75, 3.05) is 0 Å². The van der Waals surface area contributed by atoms with Crippen LogP contribution in [0.25, 0.3) is 42.4 Å². The summed E-state index contributed by atoms with van der Waals surface area (Å²) < 4.78 is 2.01. The zero-order chi connectivity index (χ0) is 25.4. The van der Waals surface area contributed by atoms with Gasteiger partial charge >= 0.3 is 0 Å². The summed E-state index contributed by atoms with van der Waals surface area (Å²) in [7, 11) is 0. The summed E-state index contributed by atoms with van der Waals surface area (Å²) in [6.45, 7) is 15.7. The van der Waals surface area contributed by atoms with Gasteiger partial charge in [-0.1, -0.05) is 67.3 Å². The van der Waals surface area contributed by atoms with Crippen molar-refractivity contribution in [3.63, 3.8) is 0 Å². The first kappa shape index (κ1) is 23.5. The summed E-state index contributed by atoms with van der Waals surface area (Å²) in [4.78, 5) is 19.0. The van der Waals surface area contributed by atoms with Crippen molar-refractivity contribution in [3.05, 3.63) is 122 Å². The Labute approximate surface area is 217 Å². The fourth-order valence-electron chi connectivity index (χ4n) is 4.53. The van der Waals surface area contributed by atoms with E-state index in [1.807, 2.05) is 62.4 Å². The highest BCUT2D eigenvalue weighted by Gasteiger charge is 2.23. The molecule has 3 aromatic carbocycles. The minimum atomic E-state index is -0.0571. The average molecular weight is 501 g/mol. The van der Waals surface area contributed by atoms with Crippen LogP contribution >= 0.6 is 22.7 Å². The second-order valence-corrected chi connectivity index (χ2v) is 10.9. The van der Waals surface area contributed by atoms with Crippen LogP contribution in [0.15, 0.2) is 73.3 Å². The second-order valence-electron chi connectivity index (χ2n) is 8.38. The van der Waals surface area contributed by atoms with Crippen molar-refractivity contribution < 1.29 is 4.79 Å². The highest BCUT2D eigenvalue weighted by Crippen LogP contribution is 2.43. The Morgan fingerprint density at radius 2 is 1.56 bits per heavy atom. The van der Waals surface area contributed by atoms with Crippen LogP contribution in [0.1, 0.15) is 42.4 Å². The van der Waals surface area contributed by atoms with Crippen LogP contribution in [0.4, 0.5) is 0 Å². The predicted octanol–water partition coefficient (Wildman–Crippen LogP) is 8.92. The molecule has 0 unspecified atom stereocenters. The van der Waals surface area contributed by atoms with E-state index in [1.165, 1.54) is 11.3 Å². The number of fused-ring (bicyclic) bond motifs is 2. The first-order chi connectivity index (χ1) is 17.5. The number of hydrogen-bond donors (Lipinski definition) is 0. The van der Waals surface area contributed by atoms with Crippen LogP contribution in [0, 0.1) is 31.8 Å². The van der Waals surface area contributed by atoms with Crippen molar-refractivity contribution in [2.24, 2.45) is 0 Å². The van der Waals surface area contributed by atoms with E-state index in [4.69, 9.17) is 6.57 Å². The summed E-state index contributed by atoms with van der Waals surface area (Å²) in [6, 6.07) is 23.3. The number of rotatable bonds is 5. The number of aryl methyl sites for hydroxylation is 2. The summed E-state index contributed by atoms with van der Waals surface area (Å²) in [5.74, 6) is -0.0571. The van der Waals surface area contributed by atoms with Crippen molar-refractivity contribution >= 4 is 66.0 Å². The van der Waals surface area contributed by atoms with E-state index in [0.29, 0.717) is 22.4 Å². The minimum Gasteiger partial charge on any atom is -0.289 e. The third kappa shape index (κ3) is 3.85. The molecule has 0 saturated carbocycles. The first-order valence-electron chi connectivity index (χ1n) is 11.3. The Morgan fingerprint density at radius 1 is 0.917 bits per heavy atom. The standard InChI is InChI=1S/C31H20N2OS2/c1-5-20-10-12-21(13-11-20)31(34)22-14-15-24-27(16-22)36-18(2)28(24)25(17-32)30(33-4)29-19(3)35-26-9-7-6-8-23(26)29/h5-16H,1H2,2-3H3. The zero-order valence-electron chi connectivity index (χ0n) is 19.8. The van der Waals surface area contributed by atoms with E-state index in [1.54, 1.807) is 35.6 Å². The topological polar surface area (TPSA) is 45.2 Å². The van der Waals surface area contributed by atoms with Crippen LogP contribution in [-0.4, -0.2) is 5.78 Å². The number of carbonyl (C=O) groups is 1. The Morgan fingerprint density at radius 3 is 2.25 bits per heavy atom. The smallest absolute Gasteiger partial charge is 0.214 e. The van der Waals surface area contributed by atoms with Gasteiger partial charge in [-0.2, -0.15) is 5.26 Å². The largest absolute Gasteiger partial charge is 0.289 e. The molecule has 172 valence electrons. The van der Waals surface area contributed by atoms with Gasteiger partial charge in [0.15, 0.2) is 5.78 Å². The molecule has 0 amide bonds. The average Bonchev–Trinajstić information content (AvgIpc) is 3.41. The lowest BCUT2D eigenvalue weighted by atomic mass is 9.95. The van der Waals surface area contributed by atoms with Gasteiger partial charge in [0.25, 0.3) is 0 Å². The number of benzene rings is 3. The molecular formula is C31H20N2OS2. The molecule has 5 heteroatoms. The summed E-state index contributed by atoms with van der Waals surface area (Å²) >= 11 is 3.17. The maximum atomic E-state index is 13.1. The third-order valence-electron chi connectivity index (χ3n) is 6.26. The molecule has 0 aliphatic rings. The van der Waals surface area contributed by atoms with Gasteiger partial charge in [-0.3, -0.25) is 4.79 Å². The normalized spacial score (nSPS) is 11.7. The van der Waals surface area contributed by atoms with Crippen molar-refractivity contribution in [3.8, 4) is 6.07 Å². The van der Waals surface area contributed by atoms with Crippen molar-refractivity contribution in [1.82, 2.24) is 0 Å². The molecule has 5 rings (SSSR count). The SMILES string of the molecule is [C-]#[N+]C(=C(C#N)c1c(C)sc2cc(C(=O)c3ccc(C=C)cc3)ccc12)c1c(C)sc2ccccc12. The molecule has 2 heterocycles. The molecule has 2 aromatic heterocycles. The number of nitriles is 1. The second kappa shape index (κ2) is 9.40. The molecule has 0 aliphatic carbocycles. The molecule has 0 spiro atoms.